The van der Waals surface area contributed by atoms with Gasteiger partial charge >= 0.3 is 0 Å². The van der Waals surface area contributed by atoms with Crippen molar-refractivity contribution in [2.45, 2.75) is 31.7 Å². The fraction of sp³-hybridized carbons (Fsp3) is 0.500. The number of hydrogen-bond acceptors (Lipinski definition) is 2. The molecule has 0 N–H and O–H groups in total. The molecule has 0 aromatic heterocycles. The molecule has 0 fully saturated rings. The number of nitriles is 1. The van der Waals surface area contributed by atoms with Gasteiger partial charge in [-0.1, -0.05) is 12.7 Å². The van der Waals surface area contributed by atoms with E-state index in [2.05, 4.69) is 19.2 Å². The van der Waals surface area contributed by atoms with E-state index >= 15 is 0 Å². The van der Waals surface area contributed by atoms with Gasteiger partial charge in [-0.2, -0.15) is 5.26 Å². The Morgan fingerprint density at radius 2 is 2.00 bits per heavy atom. The number of hydrogen-bond donors (Lipinski definition) is 0. The summed E-state index contributed by atoms with van der Waals surface area (Å²) in [6.07, 6.45) is 3.75. The summed E-state index contributed by atoms with van der Waals surface area (Å²) in [7, 11) is -1.71. The first-order valence-corrected chi connectivity index (χ1v) is 7.66. The average molecular weight is 195 g/mol. The van der Waals surface area contributed by atoms with Gasteiger partial charge in [0.2, 0.25) is 0 Å². The molecule has 0 aromatic rings. The summed E-state index contributed by atoms with van der Waals surface area (Å²) in [5.41, 5.74) is -0.869. The molecule has 1 unspecified atom stereocenters. The molecule has 0 aliphatic carbocycles. The van der Waals surface area contributed by atoms with E-state index in [0.717, 1.165) is 0 Å². The highest BCUT2D eigenvalue weighted by Gasteiger charge is 2.32. The molecule has 0 aromatic carbocycles. The highest BCUT2D eigenvalue weighted by Crippen LogP contribution is 2.22. The predicted molar refractivity (Wildman–Crippen MR) is 57.8 cm³/mol. The fourth-order valence-corrected chi connectivity index (χ4v) is 2.35. The largest absolute Gasteiger partial charge is 0.397 e. The van der Waals surface area contributed by atoms with E-state index in [1.165, 1.54) is 0 Å². The first-order valence-electron chi connectivity index (χ1n) is 4.25. The van der Waals surface area contributed by atoms with E-state index in [4.69, 9.17) is 9.69 Å². The Bertz CT molecular complexity index is 236. The normalized spacial score (nSPS) is 15.5. The monoisotopic (exact) mass is 195 g/mol. The smallest absolute Gasteiger partial charge is 0.186 e. The van der Waals surface area contributed by atoms with Crippen molar-refractivity contribution in [1.82, 2.24) is 0 Å². The SMILES string of the molecule is C=CCC(C#N)(C=C)O[Si](C)(C)C. The van der Waals surface area contributed by atoms with Crippen LogP contribution in [0.3, 0.4) is 0 Å². The van der Waals surface area contributed by atoms with Crippen molar-refractivity contribution in [2.24, 2.45) is 0 Å². The van der Waals surface area contributed by atoms with E-state index in [1.54, 1.807) is 12.2 Å². The van der Waals surface area contributed by atoms with Crippen LogP contribution in [0.1, 0.15) is 6.42 Å². The summed E-state index contributed by atoms with van der Waals surface area (Å²) >= 11 is 0. The zero-order chi connectivity index (χ0) is 10.5. The maximum absolute atomic E-state index is 9.00. The Kier molecular flexibility index (Phi) is 4.11. The predicted octanol–water partition coefficient (Wildman–Crippen LogP) is 2.86. The lowest BCUT2D eigenvalue weighted by Crippen LogP contribution is -2.39. The summed E-state index contributed by atoms with van der Waals surface area (Å²) in [6.45, 7) is 13.4. The summed E-state index contributed by atoms with van der Waals surface area (Å²) in [6, 6.07) is 2.15. The Morgan fingerprint density at radius 3 is 2.23 bits per heavy atom. The van der Waals surface area contributed by atoms with Gasteiger partial charge in [-0.15, -0.1) is 6.58 Å². The molecule has 0 bridgehead atoms. The third-order valence-corrected chi connectivity index (χ3v) is 2.43. The van der Waals surface area contributed by atoms with Crippen LogP contribution in [-0.2, 0) is 4.43 Å². The molecule has 72 valence electrons. The van der Waals surface area contributed by atoms with Crippen molar-refractivity contribution in [1.29, 1.82) is 5.26 Å². The lowest BCUT2D eigenvalue weighted by atomic mass is 10.0. The first-order chi connectivity index (χ1) is 5.89. The maximum Gasteiger partial charge on any atom is 0.186 e. The molecule has 0 rings (SSSR count). The molecule has 0 amide bonds. The number of rotatable bonds is 5. The third-order valence-electron chi connectivity index (χ3n) is 1.45. The molecule has 0 aliphatic rings. The Morgan fingerprint density at radius 1 is 1.46 bits per heavy atom. The first kappa shape index (κ1) is 12.1. The lowest BCUT2D eigenvalue weighted by Gasteiger charge is -2.30. The van der Waals surface area contributed by atoms with Crippen molar-refractivity contribution in [2.75, 3.05) is 0 Å². The van der Waals surface area contributed by atoms with E-state index in [1.807, 2.05) is 19.6 Å². The van der Waals surface area contributed by atoms with E-state index < -0.39 is 13.9 Å². The molecule has 3 heteroatoms. The zero-order valence-corrected chi connectivity index (χ0v) is 9.63. The standard InChI is InChI=1S/C10H17NOSi/c1-6-8-10(7-2,9-11)12-13(3,4)5/h6-7H,1-2,8H2,3-5H3. The maximum atomic E-state index is 9.00. The lowest BCUT2D eigenvalue weighted by molar-refractivity contribution is 0.175. The van der Waals surface area contributed by atoms with Gasteiger partial charge < -0.3 is 4.43 Å². The van der Waals surface area contributed by atoms with Gasteiger partial charge in [-0.05, 0) is 25.7 Å². The fourth-order valence-electron chi connectivity index (χ4n) is 1.04. The van der Waals surface area contributed by atoms with Crippen LogP contribution in [0.5, 0.6) is 0 Å². The second kappa shape index (κ2) is 4.40. The van der Waals surface area contributed by atoms with Crippen LogP contribution < -0.4 is 0 Å². The highest BCUT2D eigenvalue weighted by molar-refractivity contribution is 6.69. The van der Waals surface area contributed by atoms with Crippen molar-refractivity contribution in [3.05, 3.63) is 25.3 Å². The van der Waals surface area contributed by atoms with Crippen molar-refractivity contribution >= 4 is 8.32 Å². The minimum absolute atomic E-state index is 0.497. The van der Waals surface area contributed by atoms with Crippen molar-refractivity contribution in [3.8, 4) is 6.07 Å². The van der Waals surface area contributed by atoms with Gasteiger partial charge in [0.05, 0.1) is 0 Å². The van der Waals surface area contributed by atoms with E-state index in [9.17, 15) is 0 Å². The molecule has 1 atom stereocenters. The third kappa shape index (κ3) is 4.06. The molecule has 0 spiro atoms. The molecular weight excluding hydrogens is 178 g/mol. The molecule has 0 saturated carbocycles. The van der Waals surface area contributed by atoms with Crippen LogP contribution >= 0.6 is 0 Å². The van der Waals surface area contributed by atoms with Crippen LogP contribution in [0.15, 0.2) is 25.3 Å². The molecule has 0 radical (unpaired) electrons. The van der Waals surface area contributed by atoms with Gasteiger partial charge in [-0.3, -0.25) is 0 Å². The Balaban J connectivity index is 4.70. The molecule has 0 saturated heterocycles. The van der Waals surface area contributed by atoms with Gasteiger partial charge in [-0.25, -0.2) is 0 Å². The van der Waals surface area contributed by atoms with Crippen LogP contribution in [0, 0.1) is 11.3 Å². The van der Waals surface area contributed by atoms with Gasteiger partial charge in [0, 0.05) is 6.42 Å². The molecule has 0 aliphatic heterocycles. The van der Waals surface area contributed by atoms with Crippen molar-refractivity contribution in [3.63, 3.8) is 0 Å². The van der Waals surface area contributed by atoms with Gasteiger partial charge in [0.15, 0.2) is 13.9 Å². The van der Waals surface area contributed by atoms with Crippen LogP contribution in [0.4, 0.5) is 0 Å². The van der Waals surface area contributed by atoms with Gasteiger partial charge in [0.1, 0.15) is 6.07 Å². The average Bonchev–Trinajstić information content (AvgIpc) is 2.01. The van der Waals surface area contributed by atoms with Gasteiger partial charge in [0.25, 0.3) is 0 Å². The summed E-state index contributed by atoms with van der Waals surface area (Å²) in [5.74, 6) is 0. The summed E-state index contributed by atoms with van der Waals surface area (Å²) in [4.78, 5) is 0. The Labute approximate surface area is 81.7 Å². The zero-order valence-electron chi connectivity index (χ0n) is 8.63. The molecule has 13 heavy (non-hydrogen) atoms. The van der Waals surface area contributed by atoms with Crippen LogP contribution in [0.25, 0.3) is 0 Å². The quantitative estimate of drug-likeness (QED) is 0.499. The molecular formula is C10H17NOSi. The molecule has 2 nitrogen and oxygen atoms in total. The minimum atomic E-state index is -1.71. The van der Waals surface area contributed by atoms with Crippen LogP contribution in [-0.4, -0.2) is 13.9 Å². The molecule has 0 heterocycles. The summed E-state index contributed by atoms with van der Waals surface area (Å²) in [5, 5.41) is 9.00. The van der Waals surface area contributed by atoms with Crippen LogP contribution in [0.2, 0.25) is 19.6 Å². The second-order valence-electron chi connectivity index (χ2n) is 3.91. The van der Waals surface area contributed by atoms with Crippen molar-refractivity contribution < 1.29 is 4.43 Å². The summed E-state index contributed by atoms with van der Waals surface area (Å²) < 4.78 is 5.75. The minimum Gasteiger partial charge on any atom is -0.397 e. The highest BCUT2D eigenvalue weighted by atomic mass is 28.4. The topological polar surface area (TPSA) is 33.0 Å². The second-order valence-corrected chi connectivity index (χ2v) is 8.34. The number of nitrogens with zero attached hydrogens (tertiary/aromatic N) is 1. The van der Waals surface area contributed by atoms with E-state index in [0.29, 0.717) is 6.42 Å². The Hall–Kier alpha value is -0.853. The van der Waals surface area contributed by atoms with E-state index in [-0.39, 0.29) is 0 Å².